The summed E-state index contributed by atoms with van der Waals surface area (Å²) in [5.41, 5.74) is 1.82. The van der Waals surface area contributed by atoms with Crippen LogP contribution >= 0.6 is 0 Å². The molecule has 0 bridgehead atoms. The number of non-ortho nitro benzene ring substituents is 1. The lowest BCUT2D eigenvalue weighted by atomic mass is 10.1. The minimum atomic E-state index is -0.460. The van der Waals surface area contributed by atoms with Gasteiger partial charge in [-0.1, -0.05) is 0 Å². The monoisotopic (exact) mass is 246 g/mol. The normalized spacial score (nSPS) is 10.1. The third-order valence-corrected chi connectivity index (χ3v) is 2.48. The lowest BCUT2D eigenvalue weighted by Gasteiger charge is -1.98. The number of benzene rings is 1. The van der Waals surface area contributed by atoms with Crippen LogP contribution in [0.4, 0.5) is 5.69 Å². The summed E-state index contributed by atoms with van der Waals surface area (Å²) in [6.07, 6.45) is 0. The topological polar surface area (TPSA) is 85.2 Å². The van der Waals surface area contributed by atoms with Gasteiger partial charge in [0.25, 0.3) is 5.69 Å². The van der Waals surface area contributed by atoms with Gasteiger partial charge < -0.3 is 9.72 Å². The predicted octanol–water partition coefficient (Wildman–Crippen LogP) is 2.38. The number of carbonyl (C=O) groups excluding carboxylic acids is 1. The van der Waals surface area contributed by atoms with Gasteiger partial charge in [-0.3, -0.25) is 10.1 Å². The number of carbonyl (C=O) groups is 1. The number of methoxy groups -OCH3 is 1. The van der Waals surface area contributed by atoms with Gasteiger partial charge in [-0.05, 0) is 29.8 Å². The molecular formula is C12H10N2O4. The smallest absolute Gasteiger partial charge is 0.354 e. The van der Waals surface area contributed by atoms with E-state index in [9.17, 15) is 14.9 Å². The molecule has 0 spiro atoms. The van der Waals surface area contributed by atoms with Gasteiger partial charge >= 0.3 is 5.97 Å². The van der Waals surface area contributed by atoms with Gasteiger partial charge in [-0.2, -0.15) is 0 Å². The Kier molecular flexibility index (Phi) is 3.09. The fraction of sp³-hybridized carbons (Fsp3) is 0.0833. The molecule has 0 saturated carbocycles. The molecule has 2 aromatic rings. The highest BCUT2D eigenvalue weighted by molar-refractivity contribution is 5.88. The number of hydrogen-bond acceptors (Lipinski definition) is 4. The van der Waals surface area contributed by atoms with Crippen LogP contribution in [0.3, 0.4) is 0 Å². The summed E-state index contributed by atoms with van der Waals surface area (Å²) in [6.45, 7) is 0. The molecule has 2 rings (SSSR count). The lowest BCUT2D eigenvalue weighted by Crippen LogP contribution is -2.00. The molecule has 0 aliphatic heterocycles. The van der Waals surface area contributed by atoms with Crippen LogP contribution in [-0.2, 0) is 4.74 Å². The molecule has 1 heterocycles. The van der Waals surface area contributed by atoms with E-state index in [1.54, 1.807) is 24.3 Å². The van der Waals surface area contributed by atoms with E-state index in [4.69, 9.17) is 0 Å². The molecule has 1 N–H and O–H groups in total. The molecule has 1 aromatic heterocycles. The third kappa shape index (κ3) is 2.22. The van der Waals surface area contributed by atoms with Crippen molar-refractivity contribution in [3.8, 4) is 11.3 Å². The molecule has 92 valence electrons. The Morgan fingerprint density at radius 3 is 2.44 bits per heavy atom. The van der Waals surface area contributed by atoms with Gasteiger partial charge in [0.2, 0.25) is 0 Å². The largest absolute Gasteiger partial charge is 0.464 e. The third-order valence-electron chi connectivity index (χ3n) is 2.48. The fourth-order valence-electron chi connectivity index (χ4n) is 1.56. The Hall–Kier alpha value is -2.63. The second-order valence-corrected chi connectivity index (χ2v) is 3.58. The van der Waals surface area contributed by atoms with Gasteiger partial charge in [0, 0.05) is 17.8 Å². The first-order valence-corrected chi connectivity index (χ1v) is 5.14. The quantitative estimate of drug-likeness (QED) is 0.511. The summed E-state index contributed by atoms with van der Waals surface area (Å²) in [4.78, 5) is 24.2. The SMILES string of the molecule is COC(=O)c1ccc(-c2ccc([N+](=O)[O-])cc2)[nH]1. The van der Waals surface area contributed by atoms with Crippen LogP contribution in [0.15, 0.2) is 36.4 Å². The van der Waals surface area contributed by atoms with Crippen LogP contribution < -0.4 is 0 Å². The zero-order chi connectivity index (χ0) is 13.1. The molecule has 0 aliphatic carbocycles. The Morgan fingerprint density at radius 1 is 1.22 bits per heavy atom. The van der Waals surface area contributed by atoms with Crippen molar-refractivity contribution in [2.24, 2.45) is 0 Å². The van der Waals surface area contributed by atoms with E-state index >= 15 is 0 Å². The summed E-state index contributed by atoms with van der Waals surface area (Å²) in [6, 6.07) is 9.37. The van der Waals surface area contributed by atoms with E-state index in [0.717, 1.165) is 5.56 Å². The number of ether oxygens (including phenoxy) is 1. The molecule has 1 aromatic carbocycles. The Labute approximate surface area is 102 Å². The van der Waals surface area contributed by atoms with Crippen LogP contribution in [-0.4, -0.2) is 23.0 Å². The summed E-state index contributed by atoms with van der Waals surface area (Å²) in [7, 11) is 1.30. The first-order chi connectivity index (χ1) is 8.61. The van der Waals surface area contributed by atoms with E-state index in [0.29, 0.717) is 11.4 Å². The summed E-state index contributed by atoms with van der Waals surface area (Å²) < 4.78 is 4.58. The number of aromatic nitrogens is 1. The van der Waals surface area contributed by atoms with E-state index < -0.39 is 10.9 Å². The fourth-order valence-corrected chi connectivity index (χ4v) is 1.56. The number of esters is 1. The molecule has 6 nitrogen and oxygen atoms in total. The number of nitrogens with zero attached hydrogens (tertiary/aromatic N) is 1. The zero-order valence-corrected chi connectivity index (χ0v) is 9.54. The average Bonchev–Trinajstić information content (AvgIpc) is 2.87. The van der Waals surface area contributed by atoms with E-state index in [1.165, 1.54) is 19.2 Å². The van der Waals surface area contributed by atoms with Crippen molar-refractivity contribution in [1.29, 1.82) is 0 Å². The van der Waals surface area contributed by atoms with Crippen molar-refractivity contribution in [2.75, 3.05) is 7.11 Å². The number of nitro benzene ring substituents is 1. The summed E-state index contributed by atoms with van der Waals surface area (Å²) in [5, 5.41) is 10.5. The Morgan fingerprint density at radius 2 is 1.89 bits per heavy atom. The highest BCUT2D eigenvalue weighted by atomic mass is 16.6. The molecule has 0 amide bonds. The van der Waals surface area contributed by atoms with Crippen LogP contribution in [0.1, 0.15) is 10.5 Å². The maximum atomic E-state index is 11.3. The number of rotatable bonds is 3. The van der Waals surface area contributed by atoms with E-state index in [-0.39, 0.29) is 5.69 Å². The minimum Gasteiger partial charge on any atom is -0.464 e. The van der Waals surface area contributed by atoms with Gasteiger partial charge in [-0.25, -0.2) is 4.79 Å². The molecule has 6 heteroatoms. The Bertz CT molecular complexity index is 586. The van der Waals surface area contributed by atoms with Crippen molar-refractivity contribution in [3.63, 3.8) is 0 Å². The number of nitrogens with one attached hydrogen (secondary N) is 1. The van der Waals surface area contributed by atoms with Crippen molar-refractivity contribution < 1.29 is 14.5 Å². The van der Waals surface area contributed by atoms with Gasteiger partial charge in [0.15, 0.2) is 0 Å². The number of nitro groups is 1. The first kappa shape index (κ1) is 11.8. The van der Waals surface area contributed by atoms with Gasteiger partial charge in [0.1, 0.15) is 5.69 Å². The van der Waals surface area contributed by atoms with Gasteiger partial charge in [-0.15, -0.1) is 0 Å². The maximum Gasteiger partial charge on any atom is 0.354 e. The van der Waals surface area contributed by atoms with Crippen molar-refractivity contribution in [1.82, 2.24) is 4.98 Å². The molecular weight excluding hydrogens is 236 g/mol. The minimum absolute atomic E-state index is 0.0264. The number of H-pyrrole nitrogens is 1. The molecule has 0 saturated heterocycles. The second kappa shape index (κ2) is 4.70. The molecule has 0 fully saturated rings. The average molecular weight is 246 g/mol. The zero-order valence-electron chi connectivity index (χ0n) is 9.54. The standard InChI is InChI=1S/C12H10N2O4/c1-18-12(15)11-7-6-10(13-11)8-2-4-9(5-3-8)14(16)17/h2-7,13H,1H3. The molecule has 0 atom stereocenters. The maximum absolute atomic E-state index is 11.3. The summed E-state index contributed by atoms with van der Waals surface area (Å²) in [5.74, 6) is -0.455. The molecule has 0 unspecified atom stereocenters. The van der Waals surface area contributed by atoms with Gasteiger partial charge in [0.05, 0.1) is 12.0 Å². The number of aromatic amines is 1. The van der Waals surface area contributed by atoms with Crippen molar-refractivity contribution in [2.45, 2.75) is 0 Å². The van der Waals surface area contributed by atoms with E-state index in [2.05, 4.69) is 9.72 Å². The lowest BCUT2D eigenvalue weighted by molar-refractivity contribution is -0.384. The van der Waals surface area contributed by atoms with E-state index in [1.807, 2.05) is 0 Å². The highest BCUT2D eigenvalue weighted by Gasteiger charge is 2.10. The van der Waals surface area contributed by atoms with Crippen LogP contribution in [0.2, 0.25) is 0 Å². The van der Waals surface area contributed by atoms with Crippen molar-refractivity contribution in [3.05, 3.63) is 52.2 Å². The van der Waals surface area contributed by atoms with Crippen LogP contribution in [0.25, 0.3) is 11.3 Å². The second-order valence-electron chi connectivity index (χ2n) is 3.58. The number of hydrogen-bond donors (Lipinski definition) is 1. The molecule has 18 heavy (non-hydrogen) atoms. The van der Waals surface area contributed by atoms with Crippen molar-refractivity contribution >= 4 is 11.7 Å². The van der Waals surface area contributed by atoms with Crippen LogP contribution in [0.5, 0.6) is 0 Å². The Balaban J connectivity index is 2.29. The molecule has 0 aliphatic rings. The van der Waals surface area contributed by atoms with Crippen LogP contribution in [0, 0.1) is 10.1 Å². The summed E-state index contributed by atoms with van der Waals surface area (Å²) >= 11 is 0. The predicted molar refractivity (Wildman–Crippen MR) is 64.2 cm³/mol. The highest BCUT2D eigenvalue weighted by Crippen LogP contribution is 2.21. The molecule has 0 radical (unpaired) electrons. The first-order valence-electron chi connectivity index (χ1n) is 5.14.